The van der Waals surface area contributed by atoms with Crippen molar-refractivity contribution < 1.29 is 9.47 Å². The molecule has 1 rings (SSSR count). The Hall–Kier alpha value is -0.673. The number of rotatable bonds is 24. The number of unbranched alkanes of at least 4 members (excludes halogenated alkanes) is 18. The summed E-state index contributed by atoms with van der Waals surface area (Å²) in [6.07, 6.45) is 26.8. The molecule has 0 fully saturated rings. The zero-order valence-electron chi connectivity index (χ0n) is 26.4. The minimum Gasteiger partial charge on any atom is -0.492 e. The van der Waals surface area contributed by atoms with E-state index < -0.39 is 8.07 Å². The van der Waals surface area contributed by atoms with Gasteiger partial charge in [0.05, 0.1) is 22.3 Å². The first kappa shape index (κ1) is 36.4. The average Bonchev–Trinajstić information content (AvgIpc) is 2.90. The molecular formula is C35H61IO2Si. The highest BCUT2D eigenvalue weighted by atomic mass is 127. The third-order valence-corrected chi connectivity index (χ3v) is 8.84. The van der Waals surface area contributed by atoms with Gasteiger partial charge in [-0.1, -0.05) is 155 Å². The fraction of sp³-hybridized carbons (Fsp3) is 0.771. The number of halogens is 1. The first-order valence-corrected chi connectivity index (χ1v) is 21.1. The minimum absolute atomic E-state index is 0.771. The molecule has 0 saturated carbocycles. The molecule has 0 unspecified atom stereocenters. The van der Waals surface area contributed by atoms with Gasteiger partial charge in [0.15, 0.2) is 0 Å². The molecule has 224 valence electrons. The van der Waals surface area contributed by atoms with Gasteiger partial charge in [-0.3, -0.25) is 0 Å². The van der Waals surface area contributed by atoms with E-state index in [1.165, 1.54) is 116 Å². The van der Waals surface area contributed by atoms with Crippen LogP contribution in [-0.4, -0.2) is 21.3 Å². The first-order valence-electron chi connectivity index (χ1n) is 16.5. The van der Waals surface area contributed by atoms with Crippen molar-refractivity contribution >= 4 is 30.7 Å². The summed E-state index contributed by atoms with van der Waals surface area (Å²) >= 11 is 2.39. The van der Waals surface area contributed by atoms with E-state index in [-0.39, 0.29) is 0 Å². The van der Waals surface area contributed by atoms with Crippen LogP contribution in [0.4, 0.5) is 0 Å². The van der Waals surface area contributed by atoms with Crippen LogP contribution in [0.1, 0.15) is 148 Å². The molecule has 0 aliphatic heterocycles. The van der Waals surface area contributed by atoms with Gasteiger partial charge in [0, 0.05) is 6.07 Å². The summed E-state index contributed by atoms with van der Waals surface area (Å²) < 4.78 is 13.6. The first-order chi connectivity index (χ1) is 18.9. The fourth-order valence-electron chi connectivity index (χ4n) is 4.66. The molecule has 0 atom stereocenters. The summed E-state index contributed by atoms with van der Waals surface area (Å²) in [5.74, 6) is 5.34. The van der Waals surface area contributed by atoms with Crippen LogP contribution in [0.2, 0.25) is 19.6 Å². The standard InChI is InChI=1S/C35H61IO2Si/c1-6-8-10-12-14-16-18-20-22-24-27-37-34-31-33(36)35(30-32(34)26-29-39(3,4)5)38-28-25-23-21-19-17-15-13-11-9-7-2/h30-31H,6-25,27-28H2,1-5H3. The van der Waals surface area contributed by atoms with E-state index in [0.717, 1.165) is 46.7 Å². The van der Waals surface area contributed by atoms with Crippen LogP contribution in [0.3, 0.4) is 0 Å². The van der Waals surface area contributed by atoms with Crippen molar-refractivity contribution in [3.8, 4) is 23.0 Å². The lowest BCUT2D eigenvalue weighted by atomic mass is 10.1. The highest BCUT2D eigenvalue weighted by Gasteiger charge is 2.12. The highest BCUT2D eigenvalue weighted by molar-refractivity contribution is 14.1. The fourth-order valence-corrected chi connectivity index (χ4v) is 5.76. The normalized spacial score (nSPS) is 11.3. The minimum atomic E-state index is -1.48. The Bertz CT molecular complexity index is 790. The summed E-state index contributed by atoms with van der Waals surface area (Å²) in [5.41, 5.74) is 4.52. The number of hydrogen-bond acceptors (Lipinski definition) is 2. The molecule has 0 radical (unpaired) electrons. The smallest absolute Gasteiger partial charge is 0.136 e. The van der Waals surface area contributed by atoms with Gasteiger partial charge in [-0.15, -0.1) is 5.54 Å². The Labute approximate surface area is 258 Å². The van der Waals surface area contributed by atoms with Crippen LogP contribution in [-0.2, 0) is 0 Å². The van der Waals surface area contributed by atoms with Crippen LogP contribution in [0.5, 0.6) is 11.5 Å². The number of benzene rings is 1. The van der Waals surface area contributed by atoms with Gasteiger partial charge in [-0.2, -0.15) is 0 Å². The molecule has 0 amide bonds. The van der Waals surface area contributed by atoms with Gasteiger partial charge >= 0.3 is 0 Å². The monoisotopic (exact) mass is 668 g/mol. The van der Waals surface area contributed by atoms with E-state index in [4.69, 9.17) is 9.47 Å². The van der Waals surface area contributed by atoms with Gasteiger partial charge in [-0.25, -0.2) is 0 Å². The van der Waals surface area contributed by atoms with Gasteiger partial charge in [-0.05, 0) is 41.5 Å². The lowest BCUT2D eigenvalue weighted by molar-refractivity contribution is 0.294. The summed E-state index contributed by atoms with van der Waals surface area (Å²) in [5, 5.41) is 0. The summed E-state index contributed by atoms with van der Waals surface area (Å²) in [6, 6.07) is 4.26. The molecule has 4 heteroatoms. The Morgan fingerprint density at radius 3 is 1.36 bits per heavy atom. The Balaban J connectivity index is 2.43. The molecule has 0 spiro atoms. The van der Waals surface area contributed by atoms with E-state index in [0.29, 0.717) is 0 Å². The topological polar surface area (TPSA) is 18.5 Å². The Morgan fingerprint density at radius 1 is 0.564 bits per heavy atom. The second kappa shape index (κ2) is 24.0. The summed E-state index contributed by atoms with van der Waals surface area (Å²) in [7, 11) is -1.48. The van der Waals surface area contributed by atoms with Crippen molar-refractivity contribution in [1.29, 1.82) is 0 Å². The molecule has 39 heavy (non-hydrogen) atoms. The second-order valence-corrected chi connectivity index (χ2v) is 18.3. The zero-order chi connectivity index (χ0) is 28.6. The molecule has 0 saturated heterocycles. The van der Waals surface area contributed by atoms with Crippen molar-refractivity contribution in [2.24, 2.45) is 0 Å². The van der Waals surface area contributed by atoms with Crippen LogP contribution < -0.4 is 9.47 Å². The molecule has 0 N–H and O–H groups in total. The van der Waals surface area contributed by atoms with Gasteiger partial charge in [0.2, 0.25) is 0 Å². The molecule has 0 bridgehead atoms. The highest BCUT2D eigenvalue weighted by Crippen LogP contribution is 2.30. The predicted octanol–water partition coefficient (Wildman–Crippen LogP) is 12.1. The molecule has 0 aromatic heterocycles. The van der Waals surface area contributed by atoms with Gasteiger partial charge in [0.25, 0.3) is 0 Å². The molecule has 2 nitrogen and oxygen atoms in total. The summed E-state index contributed by atoms with van der Waals surface area (Å²) in [4.78, 5) is 0. The van der Waals surface area contributed by atoms with E-state index in [9.17, 15) is 0 Å². The molecule has 1 aromatic carbocycles. The number of ether oxygens (including phenoxy) is 2. The maximum atomic E-state index is 6.27. The maximum Gasteiger partial charge on any atom is 0.136 e. The Kier molecular flexibility index (Phi) is 22.3. The molecule has 0 aliphatic carbocycles. The molecule has 1 aromatic rings. The second-order valence-electron chi connectivity index (χ2n) is 12.3. The van der Waals surface area contributed by atoms with Crippen LogP contribution >= 0.6 is 22.6 Å². The van der Waals surface area contributed by atoms with E-state index >= 15 is 0 Å². The quantitative estimate of drug-likeness (QED) is 0.0472. The van der Waals surface area contributed by atoms with E-state index in [2.05, 4.69) is 79.7 Å². The third kappa shape index (κ3) is 20.8. The average molecular weight is 669 g/mol. The summed E-state index contributed by atoms with van der Waals surface area (Å²) in [6.45, 7) is 13.0. The predicted molar refractivity (Wildman–Crippen MR) is 184 cm³/mol. The van der Waals surface area contributed by atoms with Crippen molar-refractivity contribution in [1.82, 2.24) is 0 Å². The largest absolute Gasteiger partial charge is 0.492 e. The molecule has 0 aliphatic rings. The molecular weight excluding hydrogens is 607 g/mol. The van der Waals surface area contributed by atoms with E-state index in [1.807, 2.05) is 0 Å². The van der Waals surface area contributed by atoms with Crippen LogP contribution in [0.15, 0.2) is 12.1 Å². The SMILES string of the molecule is CCCCCCCCCCCCOc1cc(C#C[Si](C)(C)C)c(OCCCCCCCCCCCC)cc1I. The lowest BCUT2D eigenvalue weighted by Crippen LogP contribution is -2.16. The maximum absolute atomic E-state index is 6.27. The van der Waals surface area contributed by atoms with Gasteiger partial charge < -0.3 is 9.47 Å². The lowest BCUT2D eigenvalue weighted by Gasteiger charge is -2.14. The van der Waals surface area contributed by atoms with Crippen molar-refractivity contribution in [3.63, 3.8) is 0 Å². The van der Waals surface area contributed by atoms with Crippen molar-refractivity contribution in [3.05, 3.63) is 21.3 Å². The van der Waals surface area contributed by atoms with Gasteiger partial charge in [0.1, 0.15) is 19.6 Å². The van der Waals surface area contributed by atoms with Crippen LogP contribution in [0.25, 0.3) is 0 Å². The molecule has 0 heterocycles. The van der Waals surface area contributed by atoms with Crippen molar-refractivity contribution in [2.75, 3.05) is 13.2 Å². The Morgan fingerprint density at radius 2 is 0.949 bits per heavy atom. The van der Waals surface area contributed by atoms with Crippen LogP contribution in [0, 0.1) is 15.0 Å². The van der Waals surface area contributed by atoms with E-state index in [1.54, 1.807) is 0 Å². The van der Waals surface area contributed by atoms with Crippen molar-refractivity contribution in [2.45, 2.75) is 162 Å². The third-order valence-electron chi connectivity index (χ3n) is 7.12. The zero-order valence-corrected chi connectivity index (χ0v) is 29.6. The number of hydrogen-bond donors (Lipinski definition) is 0.